The van der Waals surface area contributed by atoms with Crippen molar-refractivity contribution < 1.29 is 19.0 Å². The highest BCUT2D eigenvalue weighted by Crippen LogP contribution is 2.27. The van der Waals surface area contributed by atoms with Crippen molar-refractivity contribution in [3.05, 3.63) is 23.8 Å². The number of methoxy groups -OCH3 is 3. The maximum absolute atomic E-state index is 11.2. The number of benzene rings is 1. The summed E-state index contributed by atoms with van der Waals surface area (Å²) in [6, 6.07) is 4.74. The molecule has 0 aliphatic carbocycles. The van der Waals surface area contributed by atoms with Gasteiger partial charge in [-0.05, 0) is 24.1 Å². The minimum Gasteiger partial charge on any atom is -0.493 e. The van der Waals surface area contributed by atoms with E-state index >= 15 is 0 Å². The van der Waals surface area contributed by atoms with E-state index in [0.29, 0.717) is 17.9 Å². The molecule has 0 saturated carbocycles. The number of hydrogen-bond acceptors (Lipinski definition) is 5. The van der Waals surface area contributed by atoms with Crippen molar-refractivity contribution in [2.45, 2.75) is 12.5 Å². The maximum atomic E-state index is 11.2. The van der Waals surface area contributed by atoms with Gasteiger partial charge in [-0.3, -0.25) is 4.79 Å². The zero-order valence-electron chi connectivity index (χ0n) is 10.2. The normalized spacial score (nSPS) is 11.8. The molecule has 17 heavy (non-hydrogen) atoms. The van der Waals surface area contributed by atoms with Crippen LogP contribution in [0.4, 0.5) is 0 Å². The molecular weight excluding hydrogens is 222 g/mol. The summed E-state index contributed by atoms with van der Waals surface area (Å²) < 4.78 is 14.8. The molecule has 0 aliphatic heterocycles. The van der Waals surface area contributed by atoms with E-state index in [-0.39, 0.29) is 0 Å². The van der Waals surface area contributed by atoms with E-state index in [4.69, 9.17) is 15.2 Å². The summed E-state index contributed by atoms with van der Waals surface area (Å²) in [5.41, 5.74) is 6.56. The molecule has 1 aromatic rings. The van der Waals surface area contributed by atoms with Crippen molar-refractivity contribution in [2.24, 2.45) is 5.73 Å². The third-order valence-corrected chi connectivity index (χ3v) is 2.41. The van der Waals surface area contributed by atoms with E-state index in [9.17, 15) is 4.79 Å². The van der Waals surface area contributed by atoms with E-state index in [1.54, 1.807) is 26.4 Å². The monoisotopic (exact) mass is 239 g/mol. The van der Waals surface area contributed by atoms with Crippen molar-refractivity contribution in [1.82, 2.24) is 0 Å². The van der Waals surface area contributed by atoms with Gasteiger partial charge in [-0.1, -0.05) is 6.07 Å². The van der Waals surface area contributed by atoms with Crippen molar-refractivity contribution >= 4 is 5.97 Å². The van der Waals surface area contributed by atoms with Gasteiger partial charge in [0, 0.05) is 0 Å². The molecule has 0 unspecified atom stereocenters. The summed E-state index contributed by atoms with van der Waals surface area (Å²) in [7, 11) is 4.44. The van der Waals surface area contributed by atoms with Crippen molar-refractivity contribution in [3.63, 3.8) is 0 Å². The van der Waals surface area contributed by atoms with E-state index in [1.165, 1.54) is 7.11 Å². The fraction of sp³-hybridized carbons (Fsp3) is 0.417. The smallest absolute Gasteiger partial charge is 0.322 e. The van der Waals surface area contributed by atoms with Crippen LogP contribution in [0.2, 0.25) is 0 Å². The molecule has 1 aromatic carbocycles. The Labute approximate surface area is 100 Å². The van der Waals surface area contributed by atoms with Gasteiger partial charge < -0.3 is 19.9 Å². The van der Waals surface area contributed by atoms with Crippen LogP contribution in [0.1, 0.15) is 5.56 Å². The second-order valence-corrected chi connectivity index (χ2v) is 3.52. The average molecular weight is 239 g/mol. The number of carbonyl (C=O) groups excluding carboxylic acids is 1. The molecule has 2 N–H and O–H groups in total. The molecule has 0 aliphatic rings. The number of esters is 1. The third kappa shape index (κ3) is 3.35. The molecule has 0 heterocycles. The first-order valence-corrected chi connectivity index (χ1v) is 5.16. The molecule has 0 saturated heterocycles. The Hall–Kier alpha value is -1.75. The van der Waals surface area contributed by atoms with Crippen molar-refractivity contribution in [2.75, 3.05) is 21.3 Å². The van der Waals surface area contributed by atoms with Crippen LogP contribution in [0.25, 0.3) is 0 Å². The molecule has 5 heteroatoms. The SMILES string of the molecule is COC(=O)[C@H](N)Cc1ccc(OC)c(OC)c1. The van der Waals surface area contributed by atoms with Crippen LogP contribution in [-0.2, 0) is 16.0 Å². The van der Waals surface area contributed by atoms with Gasteiger partial charge >= 0.3 is 5.97 Å². The van der Waals surface area contributed by atoms with Crippen LogP contribution < -0.4 is 15.2 Å². The van der Waals surface area contributed by atoms with Crippen LogP contribution >= 0.6 is 0 Å². The zero-order chi connectivity index (χ0) is 12.8. The predicted octanol–water partition coefficient (Wildman–Crippen LogP) is 0.747. The second kappa shape index (κ2) is 6.10. The van der Waals surface area contributed by atoms with Gasteiger partial charge in [0.15, 0.2) is 11.5 Å². The van der Waals surface area contributed by atoms with E-state index in [1.807, 2.05) is 6.07 Å². The van der Waals surface area contributed by atoms with E-state index in [0.717, 1.165) is 5.56 Å². The Balaban J connectivity index is 2.82. The number of nitrogens with two attached hydrogens (primary N) is 1. The minimum absolute atomic E-state index is 0.396. The first-order chi connectivity index (χ1) is 8.12. The minimum atomic E-state index is -0.668. The van der Waals surface area contributed by atoms with E-state index < -0.39 is 12.0 Å². The quantitative estimate of drug-likeness (QED) is 0.768. The molecule has 0 fully saturated rings. The van der Waals surface area contributed by atoms with Gasteiger partial charge in [-0.2, -0.15) is 0 Å². The summed E-state index contributed by atoms with van der Waals surface area (Å²) in [4.78, 5) is 11.2. The molecule has 1 rings (SSSR count). The zero-order valence-corrected chi connectivity index (χ0v) is 10.2. The van der Waals surface area contributed by atoms with Crippen LogP contribution in [0.5, 0.6) is 11.5 Å². The van der Waals surface area contributed by atoms with Gasteiger partial charge in [0.2, 0.25) is 0 Å². The summed E-state index contributed by atoms with van der Waals surface area (Å²) in [5, 5.41) is 0. The fourth-order valence-electron chi connectivity index (χ4n) is 1.50. The van der Waals surface area contributed by atoms with Gasteiger partial charge in [-0.15, -0.1) is 0 Å². The number of carbonyl (C=O) groups is 1. The molecule has 0 amide bonds. The highest BCUT2D eigenvalue weighted by Gasteiger charge is 2.15. The summed E-state index contributed by atoms with van der Waals surface area (Å²) in [5.74, 6) is 0.824. The van der Waals surface area contributed by atoms with Crippen LogP contribution in [-0.4, -0.2) is 33.3 Å². The highest BCUT2D eigenvalue weighted by molar-refractivity contribution is 5.75. The molecule has 5 nitrogen and oxygen atoms in total. The Kier molecular flexibility index (Phi) is 4.78. The van der Waals surface area contributed by atoms with E-state index in [2.05, 4.69) is 4.74 Å². The van der Waals surface area contributed by atoms with Crippen LogP contribution in [0.15, 0.2) is 18.2 Å². The first-order valence-electron chi connectivity index (χ1n) is 5.16. The third-order valence-electron chi connectivity index (χ3n) is 2.41. The molecule has 0 spiro atoms. The number of ether oxygens (including phenoxy) is 3. The van der Waals surface area contributed by atoms with Crippen molar-refractivity contribution in [1.29, 1.82) is 0 Å². The molecule has 0 bridgehead atoms. The van der Waals surface area contributed by atoms with Crippen LogP contribution in [0, 0.1) is 0 Å². The summed E-state index contributed by atoms with van der Waals surface area (Å²) in [6.45, 7) is 0. The standard InChI is InChI=1S/C12H17NO4/c1-15-10-5-4-8(7-11(10)16-2)6-9(13)12(14)17-3/h4-5,7,9H,6,13H2,1-3H3/t9-/m1/s1. The second-order valence-electron chi connectivity index (χ2n) is 3.52. The number of rotatable bonds is 5. The Morgan fingerprint density at radius 2 is 1.88 bits per heavy atom. The predicted molar refractivity (Wildman–Crippen MR) is 63.2 cm³/mol. The Bertz CT molecular complexity index is 392. The first kappa shape index (κ1) is 13.3. The van der Waals surface area contributed by atoms with Gasteiger partial charge in [-0.25, -0.2) is 0 Å². The van der Waals surface area contributed by atoms with Gasteiger partial charge in [0.25, 0.3) is 0 Å². The van der Waals surface area contributed by atoms with Crippen LogP contribution in [0.3, 0.4) is 0 Å². The summed E-state index contributed by atoms with van der Waals surface area (Å²) in [6.07, 6.45) is 0.396. The lowest BCUT2D eigenvalue weighted by molar-refractivity contribution is -0.142. The highest BCUT2D eigenvalue weighted by atomic mass is 16.5. The topological polar surface area (TPSA) is 70.8 Å². The lowest BCUT2D eigenvalue weighted by Crippen LogP contribution is -2.33. The Morgan fingerprint density at radius 3 is 2.41 bits per heavy atom. The maximum Gasteiger partial charge on any atom is 0.322 e. The molecule has 94 valence electrons. The fourth-order valence-corrected chi connectivity index (χ4v) is 1.50. The van der Waals surface area contributed by atoms with Gasteiger partial charge in [0.1, 0.15) is 6.04 Å². The Morgan fingerprint density at radius 1 is 1.24 bits per heavy atom. The lowest BCUT2D eigenvalue weighted by atomic mass is 10.1. The lowest BCUT2D eigenvalue weighted by Gasteiger charge is -2.12. The molecule has 1 atom stereocenters. The average Bonchev–Trinajstić information content (AvgIpc) is 2.37. The molecular formula is C12H17NO4. The summed E-state index contributed by atoms with van der Waals surface area (Å²) >= 11 is 0. The molecule has 0 radical (unpaired) electrons. The van der Waals surface area contributed by atoms with Gasteiger partial charge in [0.05, 0.1) is 21.3 Å². The molecule has 0 aromatic heterocycles. The van der Waals surface area contributed by atoms with Crippen molar-refractivity contribution in [3.8, 4) is 11.5 Å². The largest absolute Gasteiger partial charge is 0.493 e. The number of hydrogen-bond donors (Lipinski definition) is 1.